The molecule has 1 aromatic rings. The van der Waals surface area contributed by atoms with Crippen LogP contribution >= 0.6 is 0 Å². The molecule has 1 rings (SSSR count). The fourth-order valence-corrected chi connectivity index (χ4v) is 1.67. The van der Waals surface area contributed by atoms with E-state index in [1.165, 1.54) is 0 Å². The van der Waals surface area contributed by atoms with Crippen LogP contribution in [0.1, 0.15) is 31.9 Å². The van der Waals surface area contributed by atoms with Crippen LogP contribution in [0.25, 0.3) is 0 Å². The van der Waals surface area contributed by atoms with Crippen molar-refractivity contribution in [3.63, 3.8) is 0 Å². The summed E-state index contributed by atoms with van der Waals surface area (Å²) in [4.78, 5) is 0. The predicted octanol–water partition coefficient (Wildman–Crippen LogP) is 1.45. The van der Waals surface area contributed by atoms with Crippen LogP contribution < -0.4 is 16.0 Å². The molecule has 4 N–H and O–H groups in total. The van der Waals surface area contributed by atoms with Crippen molar-refractivity contribution in [3.05, 3.63) is 29.3 Å². The number of benzene rings is 1. The fourth-order valence-electron chi connectivity index (χ4n) is 1.67. The zero-order valence-corrected chi connectivity index (χ0v) is 10.9. The lowest BCUT2D eigenvalue weighted by molar-refractivity contribution is 0.0571. The van der Waals surface area contributed by atoms with Crippen LogP contribution in [0.4, 0.5) is 0 Å². The first-order valence-electron chi connectivity index (χ1n) is 5.80. The second-order valence-electron chi connectivity index (χ2n) is 4.80. The standard InChI is InChI=1S/C13H22N2O2/c1-9(2)17-12-6-5-11(7-10(12)3)13(4,16)8-15-14/h5-7,9,15-16H,8,14H2,1-4H3. The van der Waals surface area contributed by atoms with Crippen LogP contribution in [0.2, 0.25) is 0 Å². The lowest BCUT2D eigenvalue weighted by Gasteiger charge is -2.24. The van der Waals surface area contributed by atoms with Gasteiger partial charge in [0.05, 0.1) is 6.10 Å². The number of hydrogen-bond donors (Lipinski definition) is 3. The Morgan fingerprint density at radius 1 is 1.47 bits per heavy atom. The molecule has 0 spiro atoms. The third kappa shape index (κ3) is 3.70. The van der Waals surface area contributed by atoms with Crippen molar-refractivity contribution in [2.24, 2.45) is 5.84 Å². The first-order valence-corrected chi connectivity index (χ1v) is 5.80. The van der Waals surface area contributed by atoms with E-state index in [-0.39, 0.29) is 6.10 Å². The van der Waals surface area contributed by atoms with Crippen molar-refractivity contribution < 1.29 is 9.84 Å². The Labute approximate surface area is 103 Å². The van der Waals surface area contributed by atoms with Crippen molar-refractivity contribution >= 4 is 0 Å². The van der Waals surface area contributed by atoms with E-state index in [0.717, 1.165) is 16.9 Å². The monoisotopic (exact) mass is 238 g/mol. The molecule has 17 heavy (non-hydrogen) atoms. The summed E-state index contributed by atoms with van der Waals surface area (Å²) in [5.41, 5.74) is 3.35. The Morgan fingerprint density at radius 2 is 2.12 bits per heavy atom. The maximum absolute atomic E-state index is 10.2. The third-order valence-corrected chi connectivity index (χ3v) is 2.61. The highest BCUT2D eigenvalue weighted by atomic mass is 16.5. The van der Waals surface area contributed by atoms with Crippen molar-refractivity contribution in [2.75, 3.05) is 6.54 Å². The van der Waals surface area contributed by atoms with E-state index < -0.39 is 5.60 Å². The molecule has 0 aliphatic heterocycles. The summed E-state index contributed by atoms with van der Waals surface area (Å²) < 4.78 is 5.65. The minimum absolute atomic E-state index is 0.144. The summed E-state index contributed by atoms with van der Waals surface area (Å²) in [7, 11) is 0. The Bertz CT molecular complexity index is 376. The molecule has 0 heterocycles. The molecular formula is C13H22N2O2. The Balaban J connectivity index is 2.95. The highest BCUT2D eigenvalue weighted by Gasteiger charge is 2.22. The molecule has 4 heteroatoms. The van der Waals surface area contributed by atoms with Gasteiger partial charge in [-0.3, -0.25) is 11.3 Å². The van der Waals surface area contributed by atoms with Crippen molar-refractivity contribution in [2.45, 2.75) is 39.4 Å². The first-order chi connectivity index (χ1) is 7.86. The Hall–Kier alpha value is -1.10. The third-order valence-electron chi connectivity index (χ3n) is 2.61. The lowest BCUT2D eigenvalue weighted by atomic mass is 9.94. The van der Waals surface area contributed by atoms with Crippen molar-refractivity contribution in [1.29, 1.82) is 0 Å². The van der Waals surface area contributed by atoms with Gasteiger partial charge < -0.3 is 9.84 Å². The summed E-state index contributed by atoms with van der Waals surface area (Å²) in [6.07, 6.45) is 0.144. The zero-order chi connectivity index (χ0) is 13.1. The van der Waals surface area contributed by atoms with E-state index in [1.54, 1.807) is 6.92 Å². The number of nitrogens with one attached hydrogen (secondary N) is 1. The molecule has 4 nitrogen and oxygen atoms in total. The summed E-state index contributed by atoms with van der Waals surface area (Å²) in [5.74, 6) is 6.10. The summed E-state index contributed by atoms with van der Waals surface area (Å²) in [6.45, 7) is 7.97. The molecule has 0 amide bonds. The van der Waals surface area contributed by atoms with E-state index >= 15 is 0 Å². The van der Waals surface area contributed by atoms with Gasteiger partial charge in [0.2, 0.25) is 0 Å². The van der Waals surface area contributed by atoms with Crippen LogP contribution in [-0.4, -0.2) is 17.8 Å². The normalized spacial score (nSPS) is 14.8. The SMILES string of the molecule is Cc1cc(C(C)(O)CNN)ccc1OC(C)C. The number of aryl methyl sites for hydroxylation is 1. The number of hydrogen-bond acceptors (Lipinski definition) is 4. The average Bonchev–Trinajstić information content (AvgIpc) is 2.20. The van der Waals surface area contributed by atoms with Crippen LogP contribution in [0, 0.1) is 6.92 Å². The minimum Gasteiger partial charge on any atom is -0.491 e. The Morgan fingerprint density at radius 3 is 2.59 bits per heavy atom. The predicted molar refractivity (Wildman–Crippen MR) is 68.7 cm³/mol. The highest BCUT2D eigenvalue weighted by Crippen LogP contribution is 2.26. The molecule has 0 saturated carbocycles. The Kier molecular flexibility index (Phi) is 4.51. The summed E-state index contributed by atoms with van der Waals surface area (Å²) >= 11 is 0. The average molecular weight is 238 g/mol. The minimum atomic E-state index is -0.976. The molecule has 0 bridgehead atoms. The molecule has 0 aromatic heterocycles. The number of hydrazine groups is 1. The number of nitrogens with two attached hydrogens (primary N) is 1. The maximum Gasteiger partial charge on any atom is 0.122 e. The van der Waals surface area contributed by atoms with Gasteiger partial charge in [-0.1, -0.05) is 6.07 Å². The molecule has 1 unspecified atom stereocenters. The van der Waals surface area contributed by atoms with Crippen LogP contribution in [0.3, 0.4) is 0 Å². The van der Waals surface area contributed by atoms with E-state index in [2.05, 4.69) is 5.43 Å². The van der Waals surface area contributed by atoms with E-state index in [0.29, 0.717) is 6.54 Å². The summed E-state index contributed by atoms with van der Waals surface area (Å²) in [5, 5.41) is 10.2. The van der Waals surface area contributed by atoms with Crippen molar-refractivity contribution in [3.8, 4) is 5.75 Å². The van der Waals surface area contributed by atoms with E-state index in [1.807, 2.05) is 39.0 Å². The van der Waals surface area contributed by atoms with Gasteiger partial charge in [-0.25, -0.2) is 0 Å². The second-order valence-corrected chi connectivity index (χ2v) is 4.80. The molecular weight excluding hydrogens is 216 g/mol. The van der Waals surface area contributed by atoms with E-state index in [4.69, 9.17) is 10.6 Å². The van der Waals surface area contributed by atoms with Gasteiger partial charge in [-0.2, -0.15) is 0 Å². The molecule has 0 radical (unpaired) electrons. The maximum atomic E-state index is 10.2. The van der Waals surface area contributed by atoms with Gasteiger partial charge in [0.15, 0.2) is 0 Å². The number of ether oxygens (including phenoxy) is 1. The molecule has 0 aliphatic carbocycles. The fraction of sp³-hybridized carbons (Fsp3) is 0.538. The molecule has 0 saturated heterocycles. The first kappa shape index (κ1) is 14.0. The van der Waals surface area contributed by atoms with E-state index in [9.17, 15) is 5.11 Å². The number of rotatable bonds is 5. The topological polar surface area (TPSA) is 67.5 Å². The van der Waals surface area contributed by atoms with Gasteiger partial charge in [0.1, 0.15) is 11.4 Å². The molecule has 96 valence electrons. The second kappa shape index (κ2) is 5.49. The molecule has 0 aliphatic rings. The largest absolute Gasteiger partial charge is 0.491 e. The highest BCUT2D eigenvalue weighted by molar-refractivity contribution is 5.38. The van der Waals surface area contributed by atoms with Gasteiger partial charge in [-0.15, -0.1) is 0 Å². The van der Waals surface area contributed by atoms with Gasteiger partial charge in [-0.05, 0) is 51.0 Å². The van der Waals surface area contributed by atoms with Crippen LogP contribution in [0.15, 0.2) is 18.2 Å². The van der Waals surface area contributed by atoms with Gasteiger partial charge >= 0.3 is 0 Å². The summed E-state index contributed by atoms with van der Waals surface area (Å²) in [6, 6.07) is 5.67. The van der Waals surface area contributed by atoms with Gasteiger partial charge in [0.25, 0.3) is 0 Å². The molecule has 0 fully saturated rings. The zero-order valence-electron chi connectivity index (χ0n) is 10.9. The van der Waals surface area contributed by atoms with Gasteiger partial charge in [0, 0.05) is 6.54 Å². The number of aliphatic hydroxyl groups is 1. The van der Waals surface area contributed by atoms with Crippen molar-refractivity contribution in [1.82, 2.24) is 5.43 Å². The smallest absolute Gasteiger partial charge is 0.122 e. The molecule has 1 atom stereocenters. The van der Waals surface area contributed by atoms with Crippen LogP contribution in [-0.2, 0) is 5.60 Å². The quantitative estimate of drug-likeness (QED) is 0.536. The lowest BCUT2D eigenvalue weighted by Crippen LogP contribution is -2.38. The van der Waals surface area contributed by atoms with Crippen LogP contribution in [0.5, 0.6) is 5.75 Å². The molecule has 1 aromatic carbocycles.